The van der Waals surface area contributed by atoms with Gasteiger partial charge in [0.05, 0.1) is 11.4 Å². The molecule has 0 unspecified atom stereocenters. The number of urea groups is 1. The van der Waals surface area contributed by atoms with E-state index in [2.05, 4.69) is 15.3 Å². The first-order valence-electron chi connectivity index (χ1n) is 8.65. The van der Waals surface area contributed by atoms with E-state index in [-0.39, 0.29) is 5.91 Å². The molecule has 0 spiro atoms. The van der Waals surface area contributed by atoms with E-state index >= 15 is 0 Å². The third-order valence-corrected chi connectivity index (χ3v) is 4.69. The Morgan fingerprint density at radius 2 is 2.00 bits per heavy atom. The molecule has 1 aromatic carbocycles. The number of carbonyl (C=O) groups is 2. The maximum atomic E-state index is 12.3. The topological polar surface area (TPSA) is 127 Å². The maximum Gasteiger partial charge on any atom is 0.325 e. The summed E-state index contributed by atoms with van der Waals surface area (Å²) in [5.74, 6) is -0.243. The molecule has 2 aromatic heterocycles. The minimum Gasteiger partial charge on any atom is -0.352 e. The van der Waals surface area contributed by atoms with E-state index < -0.39 is 6.03 Å². The average Bonchev–Trinajstić information content (AvgIpc) is 3.18. The Balaban J connectivity index is 1.87. The highest BCUT2D eigenvalue weighted by Crippen LogP contribution is 2.31. The quantitative estimate of drug-likeness (QED) is 0.529. The molecule has 0 aliphatic carbocycles. The maximum absolute atomic E-state index is 12.3. The van der Waals surface area contributed by atoms with E-state index in [4.69, 9.17) is 11.5 Å². The Morgan fingerprint density at radius 1 is 1.14 bits per heavy atom. The number of carbonyl (C=O) groups excluding carboxylic acids is 2. The standard InChI is InChI=1S/C19H20N6O2S/c20-8-4-10-23-17(26)13-5-3-6-14(11-13)25(18(21)27)19-24-16(12-28-19)15-7-1-2-9-22-15/h1-3,5-7,9,11-12H,4,8,10,20H2,(H2,21,27)(H,23,26). The smallest absolute Gasteiger partial charge is 0.325 e. The number of benzene rings is 1. The van der Waals surface area contributed by atoms with Gasteiger partial charge in [0.25, 0.3) is 5.91 Å². The summed E-state index contributed by atoms with van der Waals surface area (Å²) in [4.78, 5) is 34.4. The van der Waals surface area contributed by atoms with Gasteiger partial charge < -0.3 is 16.8 Å². The number of pyridine rings is 1. The lowest BCUT2D eigenvalue weighted by molar-refractivity contribution is 0.0953. The van der Waals surface area contributed by atoms with Crippen LogP contribution in [-0.2, 0) is 0 Å². The van der Waals surface area contributed by atoms with Crippen LogP contribution < -0.4 is 21.7 Å². The fourth-order valence-electron chi connectivity index (χ4n) is 2.52. The molecule has 0 aliphatic rings. The van der Waals surface area contributed by atoms with Crippen molar-refractivity contribution in [2.75, 3.05) is 18.0 Å². The highest BCUT2D eigenvalue weighted by atomic mass is 32.1. The predicted octanol–water partition coefficient (Wildman–Crippen LogP) is 2.50. The van der Waals surface area contributed by atoms with E-state index in [1.165, 1.54) is 16.2 Å². The summed E-state index contributed by atoms with van der Waals surface area (Å²) in [7, 11) is 0. The molecule has 28 heavy (non-hydrogen) atoms. The van der Waals surface area contributed by atoms with Gasteiger partial charge in [-0.1, -0.05) is 12.1 Å². The molecule has 144 valence electrons. The first kappa shape index (κ1) is 19.5. The molecule has 0 fully saturated rings. The number of primary amides is 1. The largest absolute Gasteiger partial charge is 0.352 e. The number of rotatable bonds is 7. The van der Waals surface area contributed by atoms with Crippen molar-refractivity contribution in [3.63, 3.8) is 0 Å². The molecule has 3 rings (SSSR count). The van der Waals surface area contributed by atoms with Crippen molar-refractivity contribution in [1.29, 1.82) is 0 Å². The van der Waals surface area contributed by atoms with Crippen molar-refractivity contribution in [2.24, 2.45) is 11.5 Å². The number of nitrogens with two attached hydrogens (primary N) is 2. The Bertz CT molecular complexity index is 960. The molecule has 3 aromatic rings. The van der Waals surface area contributed by atoms with Crippen LogP contribution in [0.3, 0.4) is 0 Å². The van der Waals surface area contributed by atoms with Crippen molar-refractivity contribution < 1.29 is 9.59 Å². The molecule has 0 bridgehead atoms. The van der Waals surface area contributed by atoms with E-state index in [0.29, 0.717) is 47.3 Å². The van der Waals surface area contributed by atoms with Crippen LogP contribution in [0.2, 0.25) is 0 Å². The van der Waals surface area contributed by atoms with Gasteiger partial charge in [0, 0.05) is 23.7 Å². The number of nitrogens with one attached hydrogen (secondary N) is 1. The van der Waals surface area contributed by atoms with Gasteiger partial charge in [0.15, 0.2) is 5.13 Å². The van der Waals surface area contributed by atoms with Crippen molar-refractivity contribution in [2.45, 2.75) is 6.42 Å². The Morgan fingerprint density at radius 3 is 2.71 bits per heavy atom. The number of thiazole rings is 1. The molecule has 0 radical (unpaired) electrons. The van der Waals surface area contributed by atoms with E-state index in [1.54, 1.807) is 35.8 Å². The highest BCUT2D eigenvalue weighted by Gasteiger charge is 2.20. The summed E-state index contributed by atoms with van der Waals surface area (Å²) in [6.07, 6.45) is 2.36. The van der Waals surface area contributed by atoms with Gasteiger partial charge in [-0.3, -0.25) is 9.78 Å². The summed E-state index contributed by atoms with van der Waals surface area (Å²) >= 11 is 1.27. The molecular formula is C19H20N6O2S. The van der Waals surface area contributed by atoms with Crippen LogP contribution >= 0.6 is 11.3 Å². The monoisotopic (exact) mass is 396 g/mol. The van der Waals surface area contributed by atoms with Crippen LogP contribution in [0.15, 0.2) is 54.0 Å². The van der Waals surface area contributed by atoms with Gasteiger partial charge in [0.2, 0.25) is 0 Å². The Hall–Kier alpha value is -3.30. The first-order valence-corrected chi connectivity index (χ1v) is 9.53. The SMILES string of the molecule is NCCCNC(=O)c1cccc(N(C(N)=O)c2nc(-c3ccccn3)cs2)c1. The predicted molar refractivity (Wildman–Crippen MR) is 110 cm³/mol. The van der Waals surface area contributed by atoms with Gasteiger partial charge >= 0.3 is 6.03 Å². The molecule has 0 saturated carbocycles. The second-order valence-corrected chi connectivity index (χ2v) is 6.69. The minimum absolute atomic E-state index is 0.243. The molecule has 9 heteroatoms. The van der Waals surface area contributed by atoms with E-state index in [1.807, 2.05) is 18.2 Å². The van der Waals surface area contributed by atoms with Gasteiger partial charge in [-0.15, -0.1) is 11.3 Å². The van der Waals surface area contributed by atoms with Gasteiger partial charge in [-0.05, 0) is 43.3 Å². The van der Waals surface area contributed by atoms with E-state index in [0.717, 1.165) is 0 Å². The fraction of sp³-hybridized carbons (Fsp3) is 0.158. The lowest BCUT2D eigenvalue weighted by atomic mass is 10.1. The van der Waals surface area contributed by atoms with Crippen LogP contribution in [0.5, 0.6) is 0 Å². The van der Waals surface area contributed by atoms with Crippen LogP contribution in [0, 0.1) is 0 Å². The number of anilines is 2. The normalized spacial score (nSPS) is 10.5. The summed E-state index contributed by atoms with van der Waals surface area (Å²) in [6.45, 7) is 0.984. The summed E-state index contributed by atoms with van der Waals surface area (Å²) < 4.78 is 0. The van der Waals surface area contributed by atoms with Crippen molar-refractivity contribution in [1.82, 2.24) is 15.3 Å². The molecule has 0 aliphatic heterocycles. The van der Waals surface area contributed by atoms with Gasteiger partial charge in [0.1, 0.15) is 5.69 Å². The first-order chi connectivity index (χ1) is 13.6. The van der Waals surface area contributed by atoms with Crippen LogP contribution in [0.25, 0.3) is 11.4 Å². The second kappa shape index (κ2) is 9.07. The van der Waals surface area contributed by atoms with Crippen LogP contribution in [-0.4, -0.2) is 35.0 Å². The molecule has 3 amide bonds. The van der Waals surface area contributed by atoms with Crippen molar-refractivity contribution >= 4 is 34.1 Å². The number of amides is 3. The van der Waals surface area contributed by atoms with Crippen LogP contribution in [0.1, 0.15) is 16.8 Å². The fourth-order valence-corrected chi connectivity index (χ4v) is 3.37. The number of nitrogens with zero attached hydrogens (tertiary/aromatic N) is 3. The lowest BCUT2D eigenvalue weighted by Crippen LogP contribution is -2.32. The molecule has 0 atom stereocenters. The molecule has 2 heterocycles. The number of hydrogen-bond donors (Lipinski definition) is 3. The highest BCUT2D eigenvalue weighted by molar-refractivity contribution is 7.14. The second-order valence-electron chi connectivity index (χ2n) is 5.85. The zero-order chi connectivity index (χ0) is 19.9. The Kier molecular flexibility index (Phi) is 6.30. The van der Waals surface area contributed by atoms with E-state index in [9.17, 15) is 9.59 Å². The van der Waals surface area contributed by atoms with Gasteiger partial charge in [-0.25, -0.2) is 14.7 Å². The summed E-state index contributed by atoms with van der Waals surface area (Å²) in [6, 6.07) is 11.5. The zero-order valence-electron chi connectivity index (χ0n) is 15.0. The lowest BCUT2D eigenvalue weighted by Gasteiger charge is -2.18. The zero-order valence-corrected chi connectivity index (χ0v) is 15.9. The summed E-state index contributed by atoms with van der Waals surface area (Å²) in [5.41, 5.74) is 13.3. The third kappa shape index (κ3) is 4.51. The minimum atomic E-state index is -0.692. The molecular weight excluding hydrogens is 376 g/mol. The summed E-state index contributed by atoms with van der Waals surface area (Å²) in [5, 5.41) is 4.99. The molecule has 5 N–H and O–H groups in total. The number of hydrogen-bond acceptors (Lipinski definition) is 6. The van der Waals surface area contributed by atoms with Crippen molar-refractivity contribution in [3.8, 4) is 11.4 Å². The van der Waals surface area contributed by atoms with Crippen LogP contribution in [0.4, 0.5) is 15.6 Å². The molecule has 8 nitrogen and oxygen atoms in total. The molecule has 0 saturated heterocycles. The van der Waals surface area contributed by atoms with Gasteiger partial charge in [-0.2, -0.15) is 0 Å². The number of aromatic nitrogens is 2. The third-order valence-electron chi connectivity index (χ3n) is 3.86. The van der Waals surface area contributed by atoms with Crippen molar-refractivity contribution in [3.05, 3.63) is 59.6 Å². The average molecular weight is 396 g/mol. The Labute approximate surface area is 166 Å².